The summed E-state index contributed by atoms with van der Waals surface area (Å²) in [6, 6.07) is 0. The summed E-state index contributed by atoms with van der Waals surface area (Å²) in [4.78, 5) is 6.10. The zero-order chi connectivity index (χ0) is 15.9. The molecule has 0 unspecified atom stereocenters. The van der Waals surface area contributed by atoms with E-state index in [1.165, 1.54) is 0 Å². The van der Waals surface area contributed by atoms with E-state index in [0.29, 0.717) is 25.7 Å². The van der Waals surface area contributed by atoms with Gasteiger partial charge in [0.1, 0.15) is 0 Å². The van der Waals surface area contributed by atoms with Gasteiger partial charge in [0.2, 0.25) is 0 Å². The van der Waals surface area contributed by atoms with Gasteiger partial charge in [0.15, 0.2) is 5.96 Å². The van der Waals surface area contributed by atoms with Crippen molar-refractivity contribution in [2.24, 2.45) is 4.99 Å². The lowest BCUT2D eigenvalue weighted by atomic mass is 9.88. The van der Waals surface area contributed by atoms with Crippen molar-refractivity contribution in [2.45, 2.75) is 31.0 Å². The van der Waals surface area contributed by atoms with Crippen LogP contribution in [0.3, 0.4) is 0 Å². The molecule has 124 valence electrons. The van der Waals surface area contributed by atoms with Crippen LogP contribution in [0.25, 0.3) is 0 Å². The third-order valence-electron chi connectivity index (χ3n) is 3.88. The number of hydrogen-bond acceptors (Lipinski definition) is 3. The van der Waals surface area contributed by atoms with E-state index >= 15 is 0 Å². The lowest BCUT2D eigenvalue weighted by Gasteiger charge is -2.43. The summed E-state index contributed by atoms with van der Waals surface area (Å²) >= 11 is 0. The van der Waals surface area contributed by atoms with Crippen molar-refractivity contribution in [1.29, 1.82) is 0 Å². The van der Waals surface area contributed by atoms with Crippen LogP contribution in [0.1, 0.15) is 19.3 Å². The van der Waals surface area contributed by atoms with E-state index in [4.69, 9.17) is 4.74 Å². The Morgan fingerprint density at radius 1 is 1.24 bits per heavy atom. The molecule has 0 atom stereocenters. The number of nitrogens with one attached hydrogen (secondary N) is 2. The summed E-state index contributed by atoms with van der Waals surface area (Å²) in [6.07, 6.45) is -3.27. The van der Waals surface area contributed by atoms with Crippen LogP contribution < -0.4 is 10.6 Å². The van der Waals surface area contributed by atoms with Gasteiger partial charge in [-0.1, -0.05) is 0 Å². The van der Waals surface area contributed by atoms with Crippen LogP contribution in [0.4, 0.5) is 13.2 Å². The van der Waals surface area contributed by atoms with Gasteiger partial charge in [-0.3, -0.25) is 4.99 Å². The van der Waals surface area contributed by atoms with E-state index in [-0.39, 0.29) is 12.1 Å². The smallest absolute Gasteiger partial charge is 0.381 e. The van der Waals surface area contributed by atoms with Crippen LogP contribution in [-0.2, 0) is 4.74 Å². The van der Waals surface area contributed by atoms with Gasteiger partial charge in [-0.05, 0) is 26.9 Å². The molecule has 1 saturated heterocycles. The third-order valence-corrected chi connectivity index (χ3v) is 3.88. The van der Waals surface area contributed by atoms with E-state index in [1.807, 2.05) is 14.1 Å². The highest BCUT2D eigenvalue weighted by atomic mass is 19.4. The molecule has 0 aromatic heterocycles. The van der Waals surface area contributed by atoms with Gasteiger partial charge in [0.25, 0.3) is 0 Å². The minimum absolute atomic E-state index is 0.0557. The molecule has 21 heavy (non-hydrogen) atoms. The first kappa shape index (κ1) is 18.0. The van der Waals surface area contributed by atoms with E-state index in [2.05, 4.69) is 20.5 Å². The molecular formula is C13H25F3N4O. The molecule has 2 N–H and O–H groups in total. The second-order valence-electron chi connectivity index (χ2n) is 5.45. The highest BCUT2D eigenvalue weighted by Crippen LogP contribution is 2.25. The van der Waals surface area contributed by atoms with Crippen LogP contribution in [-0.4, -0.2) is 70.0 Å². The van der Waals surface area contributed by atoms with Gasteiger partial charge in [-0.15, -0.1) is 0 Å². The molecule has 0 bridgehead atoms. The highest BCUT2D eigenvalue weighted by molar-refractivity contribution is 5.79. The fourth-order valence-corrected chi connectivity index (χ4v) is 2.32. The Morgan fingerprint density at radius 3 is 2.33 bits per heavy atom. The second-order valence-corrected chi connectivity index (χ2v) is 5.45. The SMILES string of the molecule is CN=C(NCCC(F)(F)F)NCC1(N(C)C)CCOCC1. The number of ether oxygens (including phenoxy) is 1. The highest BCUT2D eigenvalue weighted by Gasteiger charge is 2.35. The third kappa shape index (κ3) is 6.09. The number of alkyl halides is 3. The molecule has 1 aliphatic heterocycles. The van der Waals surface area contributed by atoms with Crippen molar-refractivity contribution in [2.75, 3.05) is 47.4 Å². The normalized spacial score (nSPS) is 19.7. The topological polar surface area (TPSA) is 48.9 Å². The maximum absolute atomic E-state index is 12.1. The number of likely N-dealkylation sites (N-methyl/N-ethyl adjacent to an activating group) is 1. The summed E-state index contributed by atoms with van der Waals surface area (Å²) < 4.78 is 41.8. The summed E-state index contributed by atoms with van der Waals surface area (Å²) in [5.41, 5.74) is -0.0557. The largest absolute Gasteiger partial charge is 0.390 e. The predicted octanol–water partition coefficient (Wildman–Crippen LogP) is 1.21. The molecule has 5 nitrogen and oxygen atoms in total. The summed E-state index contributed by atoms with van der Waals surface area (Å²) in [5, 5.41) is 5.81. The predicted molar refractivity (Wildman–Crippen MR) is 76.5 cm³/mol. The van der Waals surface area contributed by atoms with Gasteiger partial charge < -0.3 is 20.3 Å². The molecule has 0 saturated carbocycles. The van der Waals surface area contributed by atoms with Crippen molar-refractivity contribution >= 4 is 5.96 Å². The zero-order valence-corrected chi connectivity index (χ0v) is 12.9. The Labute approximate surface area is 123 Å². The van der Waals surface area contributed by atoms with Crippen LogP contribution in [0.5, 0.6) is 0 Å². The molecule has 0 amide bonds. The molecule has 1 aliphatic rings. The van der Waals surface area contributed by atoms with Crippen molar-refractivity contribution in [1.82, 2.24) is 15.5 Å². The molecule has 8 heteroatoms. The first-order valence-electron chi connectivity index (χ1n) is 7.05. The number of hydrogen-bond donors (Lipinski definition) is 2. The quantitative estimate of drug-likeness (QED) is 0.592. The first-order chi connectivity index (χ1) is 9.79. The zero-order valence-electron chi connectivity index (χ0n) is 12.9. The Bertz CT molecular complexity index is 339. The van der Waals surface area contributed by atoms with E-state index in [9.17, 15) is 13.2 Å². The van der Waals surface area contributed by atoms with E-state index in [0.717, 1.165) is 12.8 Å². The minimum atomic E-state index is -4.16. The molecule has 0 aromatic carbocycles. The molecular weight excluding hydrogens is 285 g/mol. The van der Waals surface area contributed by atoms with Crippen LogP contribution in [0.2, 0.25) is 0 Å². The lowest BCUT2D eigenvalue weighted by Crippen LogP contribution is -2.57. The van der Waals surface area contributed by atoms with Crippen LogP contribution in [0.15, 0.2) is 4.99 Å². The summed E-state index contributed by atoms with van der Waals surface area (Å²) in [5.74, 6) is 0.395. The van der Waals surface area contributed by atoms with Crippen LogP contribution >= 0.6 is 0 Å². The fraction of sp³-hybridized carbons (Fsp3) is 0.923. The number of nitrogens with zero attached hydrogens (tertiary/aromatic N) is 2. The van der Waals surface area contributed by atoms with Gasteiger partial charge in [0.05, 0.1) is 6.42 Å². The van der Waals surface area contributed by atoms with Gasteiger partial charge in [0, 0.05) is 38.9 Å². The van der Waals surface area contributed by atoms with Gasteiger partial charge in [-0.25, -0.2) is 0 Å². The van der Waals surface area contributed by atoms with Crippen molar-refractivity contribution in [3.63, 3.8) is 0 Å². The number of rotatable bonds is 5. The average molecular weight is 310 g/mol. The Kier molecular flexibility index (Phi) is 6.73. The first-order valence-corrected chi connectivity index (χ1v) is 7.05. The standard InChI is InChI=1S/C13H25F3N4O/c1-17-11(18-7-4-13(14,15)16)19-10-12(20(2)3)5-8-21-9-6-12/h4-10H2,1-3H3,(H2,17,18,19). The van der Waals surface area contributed by atoms with E-state index < -0.39 is 12.6 Å². The van der Waals surface area contributed by atoms with Crippen molar-refractivity contribution in [3.05, 3.63) is 0 Å². The molecule has 1 rings (SSSR count). The molecule has 0 aliphatic carbocycles. The molecule has 0 radical (unpaired) electrons. The van der Waals surface area contributed by atoms with Gasteiger partial charge in [-0.2, -0.15) is 13.2 Å². The number of halogens is 3. The van der Waals surface area contributed by atoms with E-state index in [1.54, 1.807) is 7.05 Å². The Hall–Kier alpha value is -1.02. The molecule has 1 fully saturated rings. The monoisotopic (exact) mass is 310 g/mol. The molecule has 0 aromatic rings. The maximum atomic E-state index is 12.1. The average Bonchev–Trinajstić information content (AvgIpc) is 2.42. The second kappa shape index (κ2) is 7.84. The number of guanidine groups is 1. The van der Waals surface area contributed by atoms with Crippen LogP contribution in [0, 0.1) is 0 Å². The fourth-order valence-electron chi connectivity index (χ4n) is 2.32. The Balaban J connectivity index is 2.46. The summed E-state index contributed by atoms with van der Waals surface area (Å²) in [6.45, 7) is 1.83. The lowest BCUT2D eigenvalue weighted by molar-refractivity contribution is -0.132. The van der Waals surface area contributed by atoms with Crippen molar-refractivity contribution < 1.29 is 17.9 Å². The minimum Gasteiger partial charge on any atom is -0.381 e. The Morgan fingerprint density at radius 2 is 1.86 bits per heavy atom. The maximum Gasteiger partial charge on any atom is 0.390 e. The summed E-state index contributed by atoms with van der Waals surface area (Å²) in [7, 11) is 5.56. The molecule has 1 heterocycles. The molecule has 0 spiro atoms. The van der Waals surface area contributed by atoms with Gasteiger partial charge >= 0.3 is 6.18 Å². The van der Waals surface area contributed by atoms with Crippen molar-refractivity contribution in [3.8, 4) is 0 Å². The number of aliphatic imine (C=N–C) groups is 1.